The molecular weight excluding hydrogens is 761 g/mol. The van der Waals surface area contributed by atoms with Gasteiger partial charge in [0.2, 0.25) is 0 Å². The van der Waals surface area contributed by atoms with E-state index in [0.29, 0.717) is 47.4 Å². The largest absolute Gasteiger partial charge is 0.462 e. The monoisotopic (exact) mass is 855 g/mol. The fraction of sp³-hybridized carbons (Fsp3) is 0.907. The summed E-state index contributed by atoms with van der Waals surface area (Å²) in [5, 5.41) is 0.492. The quantitative estimate of drug-likeness (QED) is 0.0365. The summed E-state index contributed by atoms with van der Waals surface area (Å²) in [6.07, 6.45) is 45.2. The van der Waals surface area contributed by atoms with Crippen LogP contribution < -0.4 is 0 Å². The number of fused-ring (bicyclic) bond motifs is 5. The predicted octanol–water partition coefficient (Wildman–Crippen LogP) is 16.0. The number of rotatable bonds is 34. The SMILES string of the molecule is CCCCCCCCCCCCCCCC(=O)OCC(CS[C@H]1CC[C@@]2(C)C(=CCC3C2CC[C@]2(C)C(=O)CCC32)C1)OC(=O)CCCCCCCCCCCCCCC. The molecule has 3 saturated carbocycles. The summed E-state index contributed by atoms with van der Waals surface area (Å²) < 4.78 is 11.9. The Morgan fingerprint density at radius 2 is 1.10 bits per heavy atom. The Bertz CT molecular complexity index is 1250. The highest BCUT2D eigenvalue weighted by molar-refractivity contribution is 7.99. The van der Waals surface area contributed by atoms with Gasteiger partial charge in [-0.25, -0.2) is 0 Å². The van der Waals surface area contributed by atoms with E-state index < -0.39 is 6.10 Å². The van der Waals surface area contributed by atoms with E-state index in [1.165, 1.54) is 161 Å². The van der Waals surface area contributed by atoms with Crippen LogP contribution in [0.25, 0.3) is 0 Å². The van der Waals surface area contributed by atoms with Crippen molar-refractivity contribution in [3.05, 3.63) is 11.6 Å². The van der Waals surface area contributed by atoms with Gasteiger partial charge in [-0.15, -0.1) is 0 Å². The van der Waals surface area contributed by atoms with E-state index in [1.807, 2.05) is 11.8 Å². The first-order valence-electron chi connectivity index (χ1n) is 26.4. The van der Waals surface area contributed by atoms with Crippen molar-refractivity contribution < 1.29 is 23.9 Å². The molecule has 0 aromatic carbocycles. The number of Topliss-reactive ketones (excluding diaryl/α,β-unsaturated/α-hetero) is 1. The Labute approximate surface area is 374 Å². The van der Waals surface area contributed by atoms with Crippen molar-refractivity contribution in [1.82, 2.24) is 0 Å². The molecule has 3 fully saturated rings. The first-order chi connectivity index (χ1) is 29.2. The second-order valence-corrected chi connectivity index (χ2v) is 22.0. The molecule has 0 aliphatic heterocycles. The Kier molecular flexibility index (Phi) is 25.0. The van der Waals surface area contributed by atoms with Gasteiger partial charge < -0.3 is 9.47 Å². The molecule has 0 aromatic heterocycles. The van der Waals surface area contributed by atoms with Crippen LogP contribution in [0, 0.1) is 28.6 Å². The van der Waals surface area contributed by atoms with Gasteiger partial charge in [-0.3, -0.25) is 14.4 Å². The normalized spacial score (nSPS) is 26.5. The average molecular weight is 855 g/mol. The van der Waals surface area contributed by atoms with Crippen LogP contribution in [0.15, 0.2) is 11.6 Å². The van der Waals surface area contributed by atoms with E-state index in [-0.39, 0.29) is 29.4 Å². The fourth-order valence-corrected chi connectivity index (χ4v) is 13.2. The van der Waals surface area contributed by atoms with Gasteiger partial charge in [-0.05, 0) is 81.0 Å². The van der Waals surface area contributed by atoms with Crippen molar-refractivity contribution in [2.24, 2.45) is 28.6 Å². The van der Waals surface area contributed by atoms with Crippen LogP contribution in [0.3, 0.4) is 0 Å². The van der Waals surface area contributed by atoms with Crippen LogP contribution in [-0.2, 0) is 23.9 Å². The second kappa shape index (κ2) is 29.2. The van der Waals surface area contributed by atoms with E-state index in [4.69, 9.17) is 9.47 Å². The highest BCUT2D eigenvalue weighted by atomic mass is 32.2. The lowest BCUT2D eigenvalue weighted by Crippen LogP contribution is -2.50. The molecule has 5 nitrogen and oxygen atoms in total. The van der Waals surface area contributed by atoms with Crippen LogP contribution in [0.1, 0.15) is 259 Å². The molecule has 0 bridgehead atoms. The van der Waals surface area contributed by atoms with Gasteiger partial charge in [0.15, 0.2) is 0 Å². The molecule has 0 heterocycles. The molecule has 4 unspecified atom stereocenters. The van der Waals surface area contributed by atoms with E-state index in [1.54, 1.807) is 5.57 Å². The van der Waals surface area contributed by atoms with E-state index in [0.717, 1.165) is 57.8 Å². The van der Waals surface area contributed by atoms with Gasteiger partial charge in [0.1, 0.15) is 18.5 Å². The van der Waals surface area contributed by atoms with Gasteiger partial charge >= 0.3 is 11.9 Å². The van der Waals surface area contributed by atoms with Crippen LogP contribution in [-0.4, -0.2) is 41.4 Å². The molecule has 0 saturated heterocycles. The first-order valence-corrected chi connectivity index (χ1v) is 27.5. The van der Waals surface area contributed by atoms with Gasteiger partial charge in [-0.2, -0.15) is 11.8 Å². The minimum atomic E-state index is -0.394. The molecule has 4 aliphatic carbocycles. The molecule has 0 radical (unpaired) electrons. The zero-order valence-electron chi connectivity index (χ0n) is 39.8. The number of hydrogen-bond acceptors (Lipinski definition) is 6. The number of carbonyl (C=O) groups is 3. The van der Waals surface area contributed by atoms with Gasteiger partial charge in [-0.1, -0.05) is 193 Å². The number of esters is 2. The Morgan fingerprint density at radius 3 is 1.63 bits per heavy atom. The van der Waals surface area contributed by atoms with E-state index in [9.17, 15) is 14.4 Å². The van der Waals surface area contributed by atoms with E-state index in [2.05, 4.69) is 33.8 Å². The van der Waals surface area contributed by atoms with Crippen LogP contribution in [0.2, 0.25) is 0 Å². The van der Waals surface area contributed by atoms with Crippen molar-refractivity contribution >= 4 is 29.5 Å². The molecule has 0 N–H and O–H groups in total. The molecule has 346 valence electrons. The number of ether oxygens (including phenoxy) is 2. The first kappa shape index (κ1) is 51.3. The second-order valence-electron chi connectivity index (χ2n) is 20.7. The average Bonchev–Trinajstić information content (AvgIpc) is 3.55. The maximum Gasteiger partial charge on any atom is 0.306 e. The summed E-state index contributed by atoms with van der Waals surface area (Å²) in [4.78, 5) is 38.9. The zero-order chi connectivity index (χ0) is 42.9. The Hall–Kier alpha value is -1.30. The lowest BCUT2D eigenvalue weighted by atomic mass is 9.48. The standard InChI is InChI=1S/C54H94O5S/c1-5-7-9-11-13-15-17-19-21-23-25-27-29-31-51(56)58-42-45(59-52(57)32-30-28-26-24-22-20-18-16-14-12-10-8-6-2)43-60-46-37-39-53(3)44(41-46)33-34-47-48-35-36-50(55)54(48,4)40-38-49(47)53/h33,45-49H,5-32,34-43H2,1-4H3/t45?,46-,47?,48?,49?,53-,54-/m0/s1. The van der Waals surface area contributed by atoms with Crippen molar-refractivity contribution in [3.63, 3.8) is 0 Å². The zero-order valence-corrected chi connectivity index (χ0v) is 40.6. The summed E-state index contributed by atoms with van der Waals surface area (Å²) in [5.41, 5.74) is 1.81. The molecule has 0 amide bonds. The Morgan fingerprint density at radius 1 is 0.633 bits per heavy atom. The predicted molar refractivity (Wildman–Crippen MR) is 254 cm³/mol. The molecular formula is C54H94O5S. The van der Waals surface area contributed by atoms with Crippen molar-refractivity contribution in [1.29, 1.82) is 0 Å². The smallest absolute Gasteiger partial charge is 0.306 e. The van der Waals surface area contributed by atoms with Crippen LogP contribution >= 0.6 is 11.8 Å². The summed E-state index contributed by atoms with van der Waals surface area (Å²) >= 11 is 1.93. The summed E-state index contributed by atoms with van der Waals surface area (Å²) in [6.45, 7) is 9.54. The van der Waals surface area contributed by atoms with Crippen molar-refractivity contribution in [2.75, 3.05) is 12.4 Å². The highest BCUT2D eigenvalue weighted by Crippen LogP contribution is 2.64. The molecule has 7 atom stereocenters. The molecule has 6 heteroatoms. The lowest BCUT2D eigenvalue weighted by molar-refractivity contribution is -0.157. The van der Waals surface area contributed by atoms with Crippen molar-refractivity contribution in [2.45, 2.75) is 270 Å². The molecule has 0 aromatic rings. The lowest BCUT2D eigenvalue weighted by Gasteiger charge is -2.57. The number of allylic oxidation sites excluding steroid dienone is 2. The highest BCUT2D eigenvalue weighted by Gasteiger charge is 2.58. The topological polar surface area (TPSA) is 69.7 Å². The minimum Gasteiger partial charge on any atom is -0.462 e. The molecule has 60 heavy (non-hydrogen) atoms. The number of carbonyl (C=O) groups excluding carboxylic acids is 3. The number of thioether (sulfide) groups is 1. The Balaban J connectivity index is 1.15. The van der Waals surface area contributed by atoms with Gasteiger partial charge in [0.05, 0.1) is 0 Å². The molecule has 0 spiro atoms. The fourth-order valence-electron chi connectivity index (χ4n) is 12.0. The summed E-state index contributed by atoms with van der Waals surface area (Å²) in [7, 11) is 0. The number of hydrogen-bond donors (Lipinski definition) is 0. The third kappa shape index (κ3) is 17.3. The van der Waals surface area contributed by atoms with Gasteiger partial charge in [0, 0.05) is 35.7 Å². The third-order valence-corrected chi connectivity index (χ3v) is 17.4. The number of ketones is 1. The third-order valence-electron chi connectivity index (χ3n) is 16.0. The summed E-state index contributed by atoms with van der Waals surface area (Å²) in [5.74, 6) is 2.83. The van der Waals surface area contributed by atoms with Crippen molar-refractivity contribution in [3.8, 4) is 0 Å². The molecule has 4 aliphatic rings. The molecule has 4 rings (SSSR count). The maximum absolute atomic E-state index is 13.1. The minimum absolute atomic E-state index is 0.0785. The van der Waals surface area contributed by atoms with Crippen LogP contribution in [0.5, 0.6) is 0 Å². The summed E-state index contributed by atoms with van der Waals surface area (Å²) in [6, 6.07) is 0. The number of unbranched alkanes of at least 4 members (excludes halogenated alkanes) is 24. The maximum atomic E-state index is 13.1. The van der Waals surface area contributed by atoms with Gasteiger partial charge in [0.25, 0.3) is 0 Å². The van der Waals surface area contributed by atoms with Crippen LogP contribution in [0.4, 0.5) is 0 Å². The van der Waals surface area contributed by atoms with E-state index >= 15 is 0 Å².